The summed E-state index contributed by atoms with van der Waals surface area (Å²) in [5.41, 5.74) is 0. The highest BCUT2D eigenvalue weighted by Gasteiger charge is 2.27. The van der Waals surface area contributed by atoms with E-state index in [1.54, 1.807) is 0 Å². The van der Waals surface area contributed by atoms with Crippen molar-refractivity contribution in [1.82, 2.24) is 5.32 Å². The lowest BCUT2D eigenvalue weighted by molar-refractivity contribution is -0.153. The molecule has 1 saturated carbocycles. The predicted molar refractivity (Wildman–Crippen MR) is 87.4 cm³/mol. The average Bonchev–Trinajstić information content (AvgIpc) is 2.90. The van der Waals surface area contributed by atoms with Crippen LogP contribution in [0.5, 0.6) is 0 Å². The summed E-state index contributed by atoms with van der Waals surface area (Å²) >= 11 is 3.35. The van der Waals surface area contributed by atoms with Gasteiger partial charge in [0.25, 0.3) is 0 Å². The number of rotatable bonds is 9. The summed E-state index contributed by atoms with van der Waals surface area (Å²) in [6.45, 7) is 4.10. The summed E-state index contributed by atoms with van der Waals surface area (Å²) in [5, 5.41) is 3.75. The Morgan fingerprint density at radius 1 is 1.24 bits per heavy atom. The number of ether oxygens (including phenoxy) is 1. The first kappa shape index (κ1) is 18.5. The molecule has 21 heavy (non-hydrogen) atoms. The average molecular weight is 362 g/mol. The zero-order chi connectivity index (χ0) is 15.7. The minimum absolute atomic E-state index is 0.0510. The fraction of sp³-hybridized carbons (Fsp3) is 0.875. The minimum atomic E-state index is -0.498. The lowest BCUT2D eigenvalue weighted by Crippen LogP contribution is -2.43. The van der Waals surface area contributed by atoms with Gasteiger partial charge in [0, 0.05) is 11.8 Å². The van der Waals surface area contributed by atoms with Crippen LogP contribution in [0.15, 0.2) is 0 Å². The number of carbonyl (C=O) groups excluding carboxylic acids is 2. The predicted octanol–water partition coefficient (Wildman–Crippen LogP) is 3.57. The number of hydrogen-bond acceptors (Lipinski definition) is 3. The zero-order valence-corrected chi connectivity index (χ0v) is 14.8. The number of amides is 1. The molecule has 1 aliphatic rings. The largest absolute Gasteiger partial charge is 0.461 e. The van der Waals surface area contributed by atoms with E-state index in [4.69, 9.17) is 4.74 Å². The van der Waals surface area contributed by atoms with Gasteiger partial charge in [0.1, 0.15) is 12.1 Å². The molecule has 0 saturated heterocycles. The first-order valence-corrected chi connectivity index (χ1v) is 9.21. The van der Waals surface area contributed by atoms with Crippen molar-refractivity contribution in [3.05, 3.63) is 0 Å². The summed E-state index contributed by atoms with van der Waals surface area (Å²) in [5.74, 6) is 0.0309. The molecular weight excluding hydrogens is 334 g/mol. The first-order chi connectivity index (χ1) is 10.0. The molecule has 1 fully saturated rings. The van der Waals surface area contributed by atoms with Gasteiger partial charge < -0.3 is 10.1 Å². The lowest BCUT2D eigenvalue weighted by Gasteiger charge is -2.21. The molecule has 0 aromatic carbocycles. The van der Waals surface area contributed by atoms with Crippen molar-refractivity contribution in [3.8, 4) is 0 Å². The van der Waals surface area contributed by atoms with Gasteiger partial charge in [0.2, 0.25) is 5.91 Å². The molecule has 0 aromatic rings. The molecule has 0 aromatic heterocycles. The van der Waals surface area contributed by atoms with Crippen molar-refractivity contribution >= 4 is 27.8 Å². The Balaban J connectivity index is 2.45. The summed E-state index contributed by atoms with van der Waals surface area (Å²) in [6.07, 6.45) is 7.14. The minimum Gasteiger partial charge on any atom is -0.461 e. The summed E-state index contributed by atoms with van der Waals surface area (Å²) in [4.78, 5) is 24.2. The van der Waals surface area contributed by atoms with E-state index in [0.717, 1.165) is 43.9 Å². The van der Waals surface area contributed by atoms with E-state index in [9.17, 15) is 9.59 Å². The van der Waals surface area contributed by atoms with Crippen LogP contribution in [0.4, 0.5) is 0 Å². The topological polar surface area (TPSA) is 55.4 Å². The highest BCUT2D eigenvalue weighted by Crippen LogP contribution is 2.22. The van der Waals surface area contributed by atoms with Gasteiger partial charge in [0.15, 0.2) is 0 Å². The van der Waals surface area contributed by atoms with E-state index >= 15 is 0 Å². The summed E-state index contributed by atoms with van der Waals surface area (Å²) in [7, 11) is 0. The number of alkyl halides is 1. The number of esters is 1. The standard InChI is InChI=1S/C16H28BrNO3/c1-12(2)11-14(18-15(19)9-5-6-10-17)16(20)21-13-7-3-4-8-13/h12-14H,3-11H2,1-2H3,(H,18,19)/t14-/m1/s1. The van der Waals surface area contributed by atoms with Gasteiger partial charge in [-0.15, -0.1) is 0 Å². The monoisotopic (exact) mass is 361 g/mol. The third kappa shape index (κ3) is 7.84. The third-order valence-corrected chi connectivity index (χ3v) is 4.26. The van der Waals surface area contributed by atoms with E-state index in [1.807, 2.05) is 13.8 Å². The Morgan fingerprint density at radius 3 is 2.48 bits per heavy atom. The van der Waals surface area contributed by atoms with Crippen LogP contribution < -0.4 is 5.32 Å². The van der Waals surface area contributed by atoms with Crippen molar-refractivity contribution in [1.29, 1.82) is 0 Å². The maximum Gasteiger partial charge on any atom is 0.328 e. The van der Waals surface area contributed by atoms with Crippen molar-refractivity contribution in [2.45, 2.75) is 77.4 Å². The molecule has 122 valence electrons. The molecule has 0 radical (unpaired) electrons. The van der Waals surface area contributed by atoms with Crippen molar-refractivity contribution in [3.63, 3.8) is 0 Å². The van der Waals surface area contributed by atoms with E-state index in [-0.39, 0.29) is 18.0 Å². The molecule has 0 aliphatic heterocycles. The molecule has 1 atom stereocenters. The Labute approximate surface area is 136 Å². The second kappa shape index (κ2) is 10.2. The maximum atomic E-state index is 12.3. The molecule has 1 amide bonds. The molecule has 4 nitrogen and oxygen atoms in total. The van der Waals surface area contributed by atoms with Crippen molar-refractivity contribution in [2.75, 3.05) is 5.33 Å². The SMILES string of the molecule is CC(C)C[C@@H](NC(=O)CCCCBr)C(=O)OC1CCCC1. The van der Waals surface area contributed by atoms with Gasteiger partial charge in [-0.05, 0) is 50.9 Å². The maximum absolute atomic E-state index is 12.3. The zero-order valence-electron chi connectivity index (χ0n) is 13.2. The van der Waals surface area contributed by atoms with Crippen LogP contribution in [0.1, 0.15) is 65.2 Å². The molecule has 0 spiro atoms. The molecular formula is C16H28BrNO3. The molecule has 5 heteroatoms. The molecule has 1 N–H and O–H groups in total. The quantitative estimate of drug-likeness (QED) is 0.388. The van der Waals surface area contributed by atoms with Crippen LogP contribution in [-0.4, -0.2) is 29.4 Å². The second-order valence-electron chi connectivity index (χ2n) is 6.24. The van der Waals surface area contributed by atoms with Gasteiger partial charge in [-0.3, -0.25) is 4.79 Å². The van der Waals surface area contributed by atoms with E-state index < -0.39 is 6.04 Å². The van der Waals surface area contributed by atoms with Crippen LogP contribution in [0.2, 0.25) is 0 Å². The summed E-state index contributed by atoms with van der Waals surface area (Å²) < 4.78 is 5.54. The first-order valence-electron chi connectivity index (χ1n) is 8.08. The van der Waals surface area contributed by atoms with Crippen LogP contribution in [0, 0.1) is 5.92 Å². The van der Waals surface area contributed by atoms with Crippen molar-refractivity contribution < 1.29 is 14.3 Å². The molecule has 0 unspecified atom stereocenters. The Morgan fingerprint density at radius 2 is 1.90 bits per heavy atom. The van der Waals surface area contributed by atoms with Gasteiger partial charge >= 0.3 is 5.97 Å². The van der Waals surface area contributed by atoms with Gasteiger partial charge in [-0.2, -0.15) is 0 Å². The van der Waals surface area contributed by atoms with Crippen LogP contribution in [0.25, 0.3) is 0 Å². The third-order valence-electron chi connectivity index (χ3n) is 3.70. The van der Waals surface area contributed by atoms with Crippen LogP contribution >= 0.6 is 15.9 Å². The smallest absolute Gasteiger partial charge is 0.328 e. The van der Waals surface area contributed by atoms with Crippen molar-refractivity contribution in [2.24, 2.45) is 5.92 Å². The number of nitrogens with one attached hydrogen (secondary N) is 1. The van der Waals surface area contributed by atoms with Gasteiger partial charge in [-0.1, -0.05) is 29.8 Å². The molecule has 0 heterocycles. The summed E-state index contributed by atoms with van der Waals surface area (Å²) in [6, 6.07) is -0.498. The highest BCUT2D eigenvalue weighted by atomic mass is 79.9. The number of halogens is 1. The van der Waals surface area contributed by atoms with Gasteiger partial charge in [-0.25, -0.2) is 4.79 Å². The second-order valence-corrected chi connectivity index (χ2v) is 7.03. The number of hydrogen-bond donors (Lipinski definition) is 1. The van der Waals surface area contributed by atoms with E-state index in [2.05, 4.69) is 21.2 Å². The normalized spacial score (nSPS) is 17.0. The number of carbonyl (C=O) groups is 2. The van der Waals surface area contributed by atoms with Crippen LogP contribution in [-0.2, 0) is 14.3 Å². The Hall–Kier alpha value is -0.580. The fourth-order valence-electron chi connectivity index (χ4n) is 2.58. The van der Waals surface area contributed by atoms with E-state index in [0.29, 0.717) is 18.8 Å². The van der Waals surface area contributed by atoms with E-state index in [1.165, 1.54) is 0 Å². The molecule has 1 rings (SSSR count). The lowest BCUT2D eigenvalue weighted by atomic mass is 10.0. The fourth-order valence-corrected chi connectivity index (χ4v) is 2.98. The molecule has 1 aliphatic carbocycles. The van der Waals surface area contributed by atoms with Gasteiger partial charge in [0.05, 0.1) is 0 Å². The Bertz CT molecular complexity index is 327. The highest BCUT2D eigenvalue weighted by molar-refractivity contribution is 9.09. The van der Waals surface area contributed by atoms with Crippen LogP contribution in [0.3, 0.4) is 0 Å². The Kier molecular flexibility index (Phi) is 8.97. The molecule has 0 bridgehead atoms. The number of unbranched alkanes of at least 4 members (excludes halogenated alkanes) is 1.